The number of nitrogens with one attached hydrogen (secondary N) is 3. The average molecular weight is 414 g/mol. The minimum Gasteiger partial charge on any atom is -0.364 e. The van der Waals surface area contributed by atoms with Crippen LogP contribution in [0.3, 0.4) is 0 Å². The Labute approximate surface area is 172 Å². The highest BCUT2D eigenvalue weighted by Crippen LogP contribution is 2.39. The number of aryl methyl sites for hydroxylation is 2. The second-order valence-electron chi connectivity index (χ2n) is 7.84. The van der Waals surface area contributed by atoms with Crippen LogP contribution < -0.4 is 10.6 Å². The summed E-state index contributed by atoms with van der Waals surface area (Å²) >= 11 is 0. The van der Waals surface area contributed by atoms with Gasteiger partial charge in [0.05, 0.1) is 20.2 Å². The number of amides is 1. The van der Waals surface area contributed by atoms with E-state index in [1.807, 2.05) is 26.1 Å². The van der Waals surface area contributed by atoms with Crippen molar-refractivity contribution in [3.8, 4) is 0 Å². The van der Waals surface area contributed by atoms with Crippen molar-refractivity contribution in [3.05, 3.63) is 63.7 Å². The van der Waals surface area contributed by atoms with Gasteiger partial charge in [0.25, 0.3) is 5.91 Å². The predicted octanol–water partition coefficient (Wildman–Crippen LogP) is 3.42. The Hall–Kier alpha value is -2.38. The van der Waals surface area contributed by atoms with Crippen LogP contribution in [0.2, 0.25) is 0 Å². The fraction of sp³-hybridized carbons (Fsp3) is 0.409. The van der Waals surface area contributed by atoms with Crippen LogP contribution in [-0.2, 0) is 19.3 Å². The lowest BCUT2D eigenvalue weighted by Gasteiger charge is -2.20. The maximum Gasteiger partial charge on any atom is 0.250 e. The molecular formula is C22H27N3O3S. The molecular weight excluding hydrogens is 386 g/mol. The third-order valence-corrected chi connectivity index (χ3v) is 7.31. The Morgan fingerprint density at radius 1 is 1.31 bits per heavy atom. The van der Waals surface area contributed by atoms with Gasteiger partial charge in [-0.3, -0.25) is 4.79 Å². The maximum atomic E-state index is 12.9. The van der Waals surface area contributed by atoms with E-state index in [0.717, 1.165) is 48.0 Å². The molecule has 1 aromatic carbocycles. The number of carbonyl (C=O) groups is 1. The first-order valence-corrected chi connectivity index (χ1v) is 11.6. The zero-order chi connectivity index (χ0) is 20.6. The Morgan fingerprint density at radius 2 is 2.10 bits per heavy atom. The van der Waals surface area contributed by atoms with Crippen molar-refractivity contribution in [1.29, 1.82) is 4.78 Å². The summed E-state index contributed by atoms with van der Waals surface area (Å²) in [6.07, 6.45) is 7.38. The van der Waals surface area contributed by atoms with Crippen molar-refractivity contribution in [2.45, 2.75) is 56.8 Å². The number of ether oxygens (including phenoxy) is 1. The number of hydrogen-bond donors (Lipinski definition) is 3. The van der Waals surface area contributed by atoms with Crippen LogP contribution in [0.25, 0.3) is 0 Å². The third-order valence-electron chi connectivity index (χ3n) is 5.78. The minimum atomic E-state index is -3.04. The summed E-state index contributed by atoms with van der Waals surface area (Å²) in [5.74, 6) is -0.142. The summed E-state index contributed by atoms with van der Waals surface area (Å²) in [6.45, 7) is 4.14. The lowest BCUT2D eigenvalue weighted by Crippen LogP contribution is -2.29. The number of epoxide rings is 1. The van der Waals surface area contributed by atoms with E-state index < -0.39 is 9.73 Å². The van der Waals surface area contributed by atoms with Crippen molar-refractivity contribution in [2.75, 3.05) is 6.54 Å². The van der Waals surface area contributed by atoms with Gasteiger partial charge in [0.2, 0.25) is 0 Å². The molecule has 29 heavy (non-hydrogen) atoms. The zero-order valence-corrected chi connectivity index (χ0v) is 17.6. The summed E-state index contributed by atoms with van der Waals surface area (Å²) in [7, 11) is -3.04. The summed E-state index contributed by atoms with van der Waals surface area (Å²) in [5.41, 5.74) is 5.14. The Morgan fingerprint density at radius 3 is 2.90 bits per heavy atom. The first-order chi connectivity index (χ1) is 13.9. The number of rotatable bonds is 5. The van der Waals surface area contributed by atoms with Crippen molar-refractivity contribution in [3.63, 3.8) is 0 Å². The van der Waals surface area contributed by atoms with Crippen LogP contribution in [0.4, 0.5) is 0 Å². The lowest BCUT2D eigenvalue weighted by atomic mass is 9.86. The molecule has 0 spiro atoms. The molecule has 1 aliphatic carbocycles. The third kappa shape index (κ3) is 4.16. The van der Waals surface area contributed by atoms with E-state index in [0.29, 0.717) is 4.90 Å². The fourth-order valence-electron chi connectivity index (χ4n) is 3.89. The molecule has 2 fully saturated rings. The maximum absolute atomic E-state index is 12.9. The molecule has 1 saturated heterocycles. The number of benzene rings is 1. The van der Waals surface area contributed by atoms with Crippen LogP contribution in [0.5, 0.6) is 0 Å². The molecule has 2 aliphatic heterocycles. The van der Waals surface area contributed by atoms with Gasteiger partial charge in [0, 0.05) is 18.2 Å². The van der Waals surface area contributed by atoms with Gasteiger partial charge < -0.3 is 15.4 Å². The van der Waals surface area contributed by atoms with Gasteiger partial charge in [-0.05, 0) is 73.9 Å². The Kier molecular flexibility index (Phi) is 5.36. The van der Waals surface area contributed by atoms with E-state index in [1.165, 1.54) is 11.0 Å². The normalized spacial score (nSPS) is 25.2. The molecule has 3 unspecified atom stereocenters. The van der Waals surface area contributed by atoms with E-state index in [2.05, 4.69) is 10.6 Å². The number of carbonyl (C=O) groups excluding carboxylic acids is 1. The number of hydrogen-bond acceptors (Lipinski definition) is 5. The summed E-state index contributed by atoms with van der Waals surface area (Å²) in [4.78, 5) is 13.3. The smallest absolute Gasteiger partial charge is 0.250 e. The van der Waals surface area contributed by atoms with Gasteiger partial charge in [-0.1, -0.05) is 12.1 Å². The van der Waals surface area contributed by atoms with E-state index in [9.17, 15) is 9.00 Å². The van der Waals surface area contributed by atoms with Crippen LogP contribution in [-0.4, -0.2) is 29.0 Å². The second kappa shape index (κ2) is 7.80. The molecule has 1 amide bonds. The molecule has 3 N–H and O–H groups in total. The van der Waals surface area contributed by atoms with Gasteiger partial charge in [-0.25, -0.2) is 8.99 Å². The van der Waals surface area contributed by atoms with Gasteiger partial charge in [-0.2, -0.15) is 0 Å². The Balaban J connectivity index is 1.44. The standard InChI is InChI=1S/C22H27N3O3S/c1-14-8-9-17(12-15(14)2)29(23,27)11-5-10-24-21(26)19-18-7-4-3-6-16(18)13-25-22-20(19)28-22/h5,8-9,11-13,20,22-23,25H,3-4,6-7,10H2,1-2H3,(H,24,26)/b11-5+. The molecule has 1 aromatic rings. The predicted molar refractivity (Wildman–Crippen MR) is 113 cm³/mol. The zero-order valence-electron chi connectivity index (χ0n) is 16.8. The Bertz CT molecular complexity index is 1040. The van der Waals surface area contributed by atoms with E-state index in [-0.39, 0.29) is 24.8 Å². The van der Waals surface area contributed by atoms with Gasteiger partial charge in [0.1, 0.15) is 6.10 Å². The largest absolute Gasteiger partial charge is 0.364 e. The van der Waals surface area contributed by atoms with Crippen molar-refractivity contribution in [2.24, 2.45) is 0 Å². The highest BCUT2D eigenvalue weighted by Gasteiger charge is 2.47. The lowest BCUT2D eigenvalue weighted by molar-refractivity contribution is -0.117. The molecule has 3 aliphatic rings. The average Bonchev–Trinajstić information content (AvgIpc) is 3.46. The van der Waals surface area contributed by atoms with Crippen molar-refractivity contribution in [1.82, 2.24) is 10.6 Å². The van der Waals surface area contributed by atoms with Gasteiger partial charge >= 0.3 is 0 Å². The number of fused-ring (bicyclic) bond motifs is 2. The minimum absolute atomic E-state index is 0.117. The van der Waals surface area contributed by atoms with Crippen LogP contribution >= 0.6 is 0 Å². The molecule has 0 aromatic heterocycles. The molecule has 2 heterocycles. The molecule has 6 nitrogen and oxygen atoms in total. The molecule has 1 saturated carbocycles. The first kappa shape index (κ1) is 19.9. The van der Waals surface area contributed by atoms with Crippen molar-refractivity contribution < 1.29 is 13.7 Å². The SMILES string of the molecule is Cc1ccc(S(=N)(=O)/C=C/CNC(=O)C2=C3CCCCC3=CNC3OC23)cc1C. The van der Waals surface area contributed by atoms with E-state index in [1.54, 1.807) is 18.2 Å². The molecule has 0 radical (unpaired) electrons. The van der Waals surface area contributed by atoms with Crippen LogP contribution in [0.15, 0.2) is 57.5 Å². The molecule has 4 rings (SSSR count). The summed E-state index contributed by atoms with van der Waals surface area (Å²) < 4.78 is 26.5. The highest BCUT2D eigenvalue weighted by atomic mass is 32.2. The van der Waals surface area contributed by atoms with Gasteiger partial charge in [-0.15, -0.1) is 0 Å². The topological polar surface area (TPSA) is 94.6 Å². The van der Waals surface area contributed by atoms with E-state index >= 15 is 0 Å². The quantitative estimate of drug-likeness (QED) is 0.645. The molecule has 0 bridgehead atoms. The van der Waals surface area contributed by atoms with Crippen LogP contribution in [0, 0.1) is 18.6 Å². The van der Waals surface area contributed by atoms with Crippen molar-refractivity contribution >= 4 is 15.6 Å². The van der Waals surface area contributed by atoms with Crippen LogP contribution in [0.1, 0.15) is 36.8 Å². The fourth-order valence-corrected chi connectivity index (χ4v) is 5.03. The summed E-state index contributed by atoms with van der Waals surface area (Å²) in [6, 6.07) is 5.40. The summed E-state index contributed by atoms with van der Waals surface area (Å²) in [5, 5.41) is 7.50. The molecule has 3 atom stereocenters. The number of allylic oxidation sites excluding steroid dienone is 2. The van der Waals surface area contributed by atoms with E-state index in [4.69, 9.17) is 9.52 Å². The molecule has 7 heteroatoms. The second-order valence-corrected chi connectivity index (χ2v) is 9.79. The highest BCUT2D eigenvalue weighted by molar-refractivity contribution is 7.95. The monoisotopic (exact) mass is 413 g/mol. The first-order valence-electron chi connectivity index (χ1n) is 10.0. The van der Waals surface area contributed by atoms with Gasteiger partial charge in [0.15, 0.2) is 6.23 Å². The molecule has 154 valence electrons.